The van der Waals surface area contributed by atoms with Gasteiger partial charge in [-0.2, -0.15) is 4.98 Å². The summed E-state index contributed by atoms with van der Waals surface area (Å²) in [5.41, 5.74) is 7.22. The zero-order valence-corrected chi connectivity index (χ0v) is 11.4. The van der Waals surface area contributed by atoms with Gasteiger partial charge in [-0.15, -0.1) is 11.8 Å². The molecule has 2 N–H and O–H groups in total. The van der Waals surface area contributed by atoms with Crippen molar-refractivity contribution < 1.29 is 9.26 Å². The fourth-order valence-corrected chi connectivity index (χ4v) is 3.33. The Morgan fingerprint density at radius 1 is 1.53 bits per heavy atom. The van der Waals surface area contributed by atoms with Crippen LogP contribution >= 0.6 is 11.8 Å². The van der Waals surface area contributed by atoms with Gasteiger partial charge in [0.05, 0.1) is 17.9 Å². The van der Waals surface area contributed by atoms with Gasteiger partial charge in [-0.3, -0.25) is 0 Å². The van der Waals surface area contributed by atoms with E-state index >= 15 is 0 Å². The predicted octanol–water partition coefficient (Wildman–Crippen LogP) is 2.11. The minimum Gasteiger partial charge on any atom is -0.383 e. The lowest BCUT2D eigenvalue weighted by Gasteiger charge is -2.03. The fourth-order valence-electron chi connectivity index (χ4n) is 2.10. The Morgan fingerprint density at radius 2 is 2.37 bits per heavy atom. The molecule has 6 heteroatoms. The first-order valence-electron chi connectivity index (χ1n) is 6.10. The first-order valence-corrected chi connectivity index (χ1v) is 6.98. The summed E-state index contributed by atoms with van der Waals surface area (Å²) in [5, 5.41) is 4.13. The molecule has 2 aromatic rings. The van der Waals surface area contributed by atoms with E-state index in [1.54, 1.807) is 18.9 Å². The maximum absolute atomic E-state index is 5.88. The van der Waals surface area contributed by atoms with E-state index < -0.39 is 0 Å². The van der Waals surface area contributed by atoms with E-state index in [1.807, 2.05) is 6.07 Å². The minimum absolute atomic E-state index is 0.188. The summed E-state index contributed by atoms with van der Waals surface area (Å²) in [4.78, 5) is 5.68. The molecule has 1 aliphatic heterocycles. The summed E-state index contributed by atoms with van der Waals surface area (Å²) in [6.07, 6.45) is 0.919. The number of nitrogens with two attached hydrogens (primary N) is 1. The SMILES string of the molecule is COCC(N)c1noc(C2Cc3ccccc3S2)n1. The van der Waals surface area contributed by atoms with Crippen LogP contribution in [0.15, 0.2) is 33.7 Å². The van der Waals surface area contributed by atoms with Gasteiger partial charge in [0, 0.05) is 12.0 Å². The molecule has 0 amide bonds. The van der Waals surface area contributed by atoms with Crippen molar-refractivity contribution in [3.63, 3.8) is 0 Å². The van der Waals surface area contributed by atoms with E-state index in [9.17, 15) is 0 Å². The lowest BCUT2D eigenvalue weighted by Crippen LogP contribution is -2.17. The average Bonchev–Trinajstić information content (AvgIpc) is 3.05. The first kappa shape index (κ1) is 12.7. The van der Waals surface area contributed by atoms with Crippen LogP contribution in [0.25, 0.3) is 0 Å². The number of methoxy groups -OCH3 is 1. The largest absolute Gasteiger partial charge is 0.383 e. The van der Waals surface area contributed by atoms with Gasteiger partial charge in [-0.25, -0.2) is 0 Å². The summed E-state index contributed by atoms with van der Waals surface area (Å²) in [6, 6.07) is 8.01. The van der Waals surface area contributed by atoms with E-state index in [-0.39, 0.29) is 11.3 Å². The zero-order valence-electron chi connectivity index (χ0n) is 10.6. The van der Waals surface area contributed by atoms with Crippen molar-refractivity contribution >= 4 is 11.8 Å². The van der Waals surface area contributed by atoms with Gasteiger partial charge >= 0.3 is 0 Å². The summed E-state index contributed by atoms with van der Waals surface area (Å²) in [6.45, 7) is 0.386. The van der Waals surface area contributed by atoms with Crippen LogP contribution in [0.1, 0.15) is 28.6 Å². The van der Waals surface area contributed by atoms with E-state index in [4.69, 9.17) is 15.0 Å². The topological polar surface area (TPSA) is 74.2 Å². The smallest absolute Gasteiger partial charge is 0.240 e. The molecule has 0 spiro atoms. The number of hydrogen-bond acceptors (Lipinski definition) is 6. The average molecular weight is 277 g/mol. The van der Waals surface area contributed by atoms with Crippen LogP contribution in [0.3, 0.4) is 0 Å². The van der Waals surface area contributed by atoms with Crippen LogP contribution in [-0.4, -0.2) is 23.9 Å². The molecule has 2 unspecified atom stereocenters. The van der Waals surface area contributed by atoms with Crippen LogP contribution in [0.4, 0.5) is 0 Å². The number of rotatable bonds is 4. The van der Waals surface area contributed by atoms with Crippen LogP contribution < -0.4 is 5.73 Å². The Bertz CT molecular complexity index is 548. The second kappa shape index (κ2) is 5.32. The molecule has 0 bridgehead atoms. The van der Waals surface area contributed by atoms with E-state index in [0.29, 0.717) is 18.3 Å². The number of thioether (sulfide) groups is 1. The van der Waals surface area contributed by atoms with Crippen molar-refractivity contribution in [2.45, 2.75) is 22.6 Å². The van der Waals surface area contributed by atoms with Crippen molar-refractivity contribution in [1.82, 2.24) is 10.1 Å². The molecule has 5 nitrogen and oxygen atoms in total. The summed E-state index contributed by atoms with van der Waals surface area (Å²) >= 11 is 1.76. The molecule has 0 aliphatic carbocycles. The highest BCUT2D eigenvalue weighted by atomic mass is 32.2. The molecule has 2 atom stereocenters. The Kier molecular flexibility index (Phi) is 3.54. The summed E-state index contributed by atoms with van der Waals surface area (Å²) in [7, 11) is 1.60. The van der Waals surface area contributed by atoms with Crippen molar-refractivity contribution in [3.05, 3.63) is 41.5 Å². The third kappa shape index (κ3) is 2.51. The first-order chi connectivity index (χ1) is 9.28. The molecular formula is C13H15N3O2S. The molecular weight excluding hydrogens is 262 g/mol. The highest BCUT2D eigenvalue weighted by Gasteiger charge is 2.28. The van der Waals surface area contributed by atoms with E-state index in [2.05, 4.69) is 28.3 Å². The van der Waals surface area contributed by atoms with Gasteiger partial charge in [0.2, 0.25) is 5.89 Å². The number of fused-ring (bicyclic) bond motifs is 1. The predicted molar refractivity (Wildman–Crippen MR) is 71.8 cm³/mol. The summed E-state index contributed by atoms with van der Waals surface area (Å²) in [5.74, 6) is 1.15. The standard InChI is InChI=1S/C13H15N3O2S/c1-17-7-9(14)12-15-13(18-16-12)11-6-8-4-2-3-5-10(8)19-11/h2-5,9,11H,6-7,14H2,1H3. The molecule has 0 fully saturated rings. The van der Waals surface area contributed by atoms with Crippen LogP contribution in [0.5, 0.6) is 0 Å². The molecule has 2 heterocycles. The van der Waals surface area contributed by atoms with Gasteiger partial charge in [-0.05, 0) is 18.1 Å². The van der Waals surface area contributed by atoms with Gasteiger partial charge in [0.25, 0.3) is 0 Å². The van der Waals surface area contributed by atoms with Crippen molar-refractivity contribution in [3.8, 4) is 0 Å². The number of benzene rings is 1. The normalized spacial score (nSPS) is 19.4. The Morgan fingerprint density at radius 3 is 3.16 bits per heavy atom. The van der Waals surface area contributed by atoms with E-state index in [0.717, 1.165) is 6.42 Å². The van der Waals surface area contributed by atoms with Gasteiger partial charge in [0.1, 0.15) is 0 Å². The zero-order chi connectivity index (χ0) is 13.2. The Balaban J connectivity index is 1.75. The monoisotopic (exact) mass is 277 g/mol. The molecule has 0 radical (unpaired) electrons. The maximum atomic E-state index is 5.88. The van der Waals surface area contributed by atoms with Crippen molar-refractivity contribution in [2.24, 2.45) is 5.73 Å². The van der Waals surface area contributed by atoms with Gasteiger partial charge < -0.3 is 15.0 Å². The second-order valence-electron chi connectivity index (χ2n) is 4.47. The third-order valence-corrected chi connectivity index (χ3v) is 4.36. The van der Waals surface area contributed by atoms with Crippen LogP contribution in [-0.2, 0) is 11.2 Å². The highest BCUT2D eigenvalue weighted by Crippen LogP contribution is 2.45. The summed E-state index contributed by atoms with van der Waals surface area (Å²) < 4.78 is 10.3. The van der Waals surface area contributed by atoms with Crippen LogP contribution in [0, 0.1) is 0 Å². The van der Waals surface area contributed by atoms with Crippen molar-refractivity contribution in [1.29, 1.82) is 0 Å². The Labute approximate surface area is 115 Å². The number of nitrogens with zero attached hydrogens (tertiary/aromatic N) is 2. The molecule has 1 aromatic carbocycles. The molecule has 0 saturated heterocycles. The number of ether oxygens (including phenoxy) is 1. The fraction of sp³-hybridized carbons (Fsp3) is 0.385. The van der Waals surface area contributed by atoms with Crippen molar-refractivity contribution in [2.75, 3.05) is 13.7 Å². The maximum Gasteiger partial charge on any atom is 0.240 e. The third-order valence-electron chi connectivity index (χ3n) is 3.06. The lowest BCUT2D eigenvalue weighted by molar-refractivity contribution is 0.177. The molecule has 3 rings (SSSR count). The minimum atomic E-state index is -0.337. The number of aromatic nitrogens is 2. The lowest BCUT2D eigenvalue weighted by atomic mass is 10.1. The Hall–Kier alpha value is -1.37. The highest BCUT2D eigenvalue weighted by molar-refractivity contribution is 7.99. The van der Waals surface area contributed by atoms with E-state index in [1.165, 1.54) is 10.5 Å². The van der Waals surface area contributed by atoms with Crippen LogP contribution in [0.2, 0.25) is 0 Å². The number of hydrogen-bond donors (Lipinski definition) is 1. The van der Waals surface area contributed by atoms with Gasteiger partial charge in [0.15, 0.2) is 5.82 Å². The molecule has 1 aromatic heterocycles. The molecule has 1 aliphatic rings. The quantitative estimate of drug-likeness (QED) is 0.922. The van der Waals surface area contributed by atoms with Gasteiger partial charge in [-0.1, -0.05) is 23.4 Å². The second-order valence-corrected chi connectivity index (χ2v) is 5.72. The molecule has 19 heavy (non-hydrogen) atoms. The molecule has 0 saturated carbocycles. The molecule has 100 valence electrons.